The van der Waals surface area contributed by atoms with Crippen molar-refractivity contribution in [3.05, 3.63) is 72.1 Å². The second kappa shape index (κ2) is 11.3. The van der Waals surface area contributed by atoms with E-state index in [1.165, 1.54) is 55.8 Å². The van der Waals surface area contributed by atoms with Crippen molar-refractivity contribution < 1.29 is 4.84 Å². The number of piperidine rings is 1. The zero-order valence-electron chi connectivity index (χ0n) is 22.6. The zero-order chi connectivity index (χ0) is 25.9. The maximum atomic E-state index is 5.97. The first-order valence-electron chi connectivity index (χ1n) is 14.0. The molecule has 3 saturated heterocycles. The van der Waals surface area contributed by atoms with Crippen LogP contribution in [0.4, 0.5) is 23.0 Å². The Balaban J connectivity index is 1.09. The van der Waals surface area contributed by atoms with E-state index in [1.54, 1.807) is 6.33 Å². The van der Waals surface area contributed by atoms with Crippen molar-refractivity contribution in [2.24, 2.45) is 0 Å². The van der Waals surface area contributed by atoms with E-state index in [4.69, 9.17) is 4.84 Å². The fourth-order valence-corrected chi connectivity index (χ4v) is 6.01. The van der Waals surface area contributed by atoms with E-state index >= 15 is 0 Å². The lowest BCUT2D eigenvalue weighted by molar-refractivity contribution is 0.0982. The average Bonchev–Trinajstić information content (AvgIpc) is 3.46. The maximum absolute atomic E-state index is 5.97. The highest BCUT2D eigenvalue weighted by Gasteiger charge is 2.29. The summed E-state index contributed by atoms with van der Waals surface area (Å²) in [5, 5.41) is 5.43. The molecular weight excluding hydrogens is 474 g/mol. The van der Waals surface area contributed by atoms with E-state index in [0.29, 0.717) is 6.61 Å². The molecule has 4 heterocycles. The predicted molar refractivity (Wildman–Crippen MR) is 153 cm³/mol. The second-order valence-corrected chi connectivity index (χ2v) is 10.8. The summed E-state index contributed by atoms with van der Waals surface area (Å²) in [6.45, 7) is 9.90. The van der Waals surface area contributed by atoms with Gasteiger partial charge >= 0.3 is 0 Å². The molecule has 38 heavy (non-hydrogen) atoms. The molecule has 8 heteroatoms. The van der Waals surface area contributed by atoms with Gasteiger partial charge in [0.15, 0.2) is 5.82 Å². The SMILES string of the molecule is Cc1cc(N2CCC(N3CCN(C)CC3)CC2)ccc1Nc1cc(N2OCCC2c2ccccc2)ncn1. The summed E-state index contributed by atoms with van der Waals surface area (Å²) < 4.78 is 0. The summed E-state index contributed by atoms with van der Waals surface area (Å²) in [6, 6.07) is 20.0. The molecule has 0 amide bonds. The number of likely N-dealkylation sites (N-methyl/N-ethyl adjacent to an activating group) is 1. The third-order valence-corrected chi connectivity index (χ3v) is 8.32. The molecule has 6 rings (SSSR count). The van der Waals surface area contributed by atoms with E-state index in [2.05, 4.69) is 86.4 Å². The Kier molecular flexibility index (Phi) is 7.44. The van der Waals surface area contributed by atoms with Gasteiger partial charge in [-0.15, -0.1) is 0 Å². The average molecular weight is 514 g/mol. The number of aryl methyl sites for hydroxylation is 1. The number of nitrogens with zero attached hydrogens (tertiary/aromatic N) is 6. The smallest absolute Gasteiger partial charge is 0.158 e. The van der Waals surface area contributed by atoms with E-state index in [-0.39, 0.29) is 6.04 Å². The number of piperazine rings is 1. The minimum Gasteiger partial charge on any atom is -0.371 e. The Morgan fingerprint density at radius 2 is 1.66 bits per heavy atom. The fraction of sp³-hybridized carbons (Fsp3) is 0.467. The van der Waals surface area contributed by atoms with Crippen molar-refractivity contribution in [3.63, 3.8) is 0 Å². The maximum Gasteiger partial charge on any atom is 0.158 e. The second-order valence-electron chi connectivity index (χ2n) is 10.8. The first-order valence-corrected chi connectivity index (χ1v) is 14.0. The number of hydrogen-bond donors (Lipinski definition) is 1. The van der Waals surface area contributed by atoms with Crippen LogP contribution in [-0.2, 0) is 4.84 Å². The molecule has 3 aliphatic rings. The molecule has 3 aliphatic heterocycles. The molecule has 0 saturated carbocycles. The molecule has 8 nitrogen and oxygen atoms in total. The fourth-order valence-electron chi connectivity index (χ4n) is 6.01. The van der Waals surface area contributed by atoms with Crippen molar-refractivity contribution >= 4 is 23.0 Å². The van der Waals surface area contributed by atoms with Gasteiger partial charge in [0.05, 0.1) is 12.6 Å². The number of hydrogen-bond acceptors (Lipinski definition) is 8. The van der Waals surface area contributed by atoms with Gasteiger partial charge in [0.2, 0.25) is 0 Å². The van der Waals surface area contributed by atoms with Crippen LogP contribution in [0.25, 0.3) is 0 Å². The summed E-state index contributed by atoms with van der Waals surface area (Å²) in [5.74, 6) is 1.53. The Morgan fingerprint density at radius 1 is 0.868 bits per heavy atom. The lowest BCUT2D eigenvalue weighted by Gasteiger charge is -2.42. The molecule has 0 spiro atoms. The van der Waals surface area contributed by atoms with Gasteiger partial charge in [-0.2, -0.15) is 0 Å². The van der Waals surface area contributed by atoms with Gasteiger partial charge in [0.25, 0.3) is 0 Å². The van der Waals surface area contributed by atoms with Gasteiger partial charge in [-0.3, -0.25) is 9.74 Å². The predicted octanol–water partition coefficient (Wildman–Crippen LogP) is 4.63. The molecule has 1 aromatic heterocycles. The Labute approximate surface area is 226 Å². The minimum atomic E-state index is 0.153. The highest BCUT2D eigenvalue weighted by atomic mass is 16.7. The summed E-state index contributed by atoms with van der Waals surface area (Å²) in [4.78, 5) is 22.7. The lowest BCUT2D eigenvalue weighted by atomic mass is 10.0. The lowest BCUT2D eigenvalue weighted by Crippen LogP contribution is -2.52. The number of aromatic nitrogens is 2. The molecule has 3 aromatic rings. The summed E-state index contributed by atoms with van der Waals surface area (Å²) >= 11 is 0. The van der Waals surface area contributed by atoms with Gasteiger partial charge in [0, 0.05) is 69.2 Å². The highest BCUT2D eigenvalue weighted by Crippen LogP contribution is 2.35. The van der Waals surface area contributed by atoms with Gasteiger partial charge in [-0.1, -0.05) is 30.3 Å². The molecule has 1 N–H and O–H groups in total. The van der Waals surface area contributed by atoms with E-state index < -0.39 is 0 Å². The van der Waals surface area contributed by atoms with Crippen molar-refractivity contribution in [2.75, 3.05) is 68.2 Å². The van der Waals surface area contributed by atoms with Gasteiger partial charge in [-0.05, 0) is 56.1 Å². The topological polar surface area (TPSA) is 60.0 Å². The monoisotopic (exact) mass is 513 g/mol. The Morgan fingerprint density at radius 3 is 2.42 bits per heavy atom. The normalized spacial score (nSPS) is 21.7. The first kappa shape index (κ1) is 25.1. The summed E-state index contributed by atoms with van der Waals surface area (Å²) in [5.41, 5.74) is 4.82. The quantitative estimate of drug-likeness (QED) is 0.512. The number of nitrogens with one attached hydrogen (secondary N) is 1. The molecular formula is C30H39N7O. The highest BCUT2D eigenvalue weighted by molar-refractivity contribution is 5.66. The Bertz CT molecular complexity index is 1210. The number of anilines is 4. The first-order chi connectivity index (χ1) is 18.6. The Hall–Kier alpha value is -3.20. The standard InChI is InChI=1S/C30H39N7O/c1-23-20-26(35-13-10-25(11-14-35)36-17-15-34(2)16-18-36)8-9-27(23)33-29-21-30(32-22-31-29)37-28(12-19-38-37)24-6-4-3-5-7-24/h3-9,20-22,25,28H,10-19H2,1-2H3,(H,31,32,33). The van der Waals surface area contributed by atoms with Crippen LogP contribution in [0.5, 0.6) is 0 Å². The van der Waals surface area contributed by atoms with Crippen LogP contribution in [-0.4, -0.2) is 78.7 Å². The molecule has 2 aromatic carbocycles. The van der Waals surface area contributed by atoms with E-state index in [0.717, 1.165) is 42.9 Å². The minimum absolute atomic E-state index is 0.153. The van der Waals surface area contributed by atoms with Crippen LogP contribution in [0.1, 0.15) is 36.4 Å². The molecule has 3 fully saturated rings. The van der Waals surface area contributed by atoms with Gasteiger partial charge < -0.3 is 15.1 Å². The van der Waals surface area contributed by atoms with Gasteiger partial charge in [0.1, 0.15) is 12.1 Å². The van der Waals surface area contributed by atoms with Gasteiger partial charge in [-0.25, -0.2) is 15.0 Å². The van der Waals surface area contributed by atoms with Crippen molar-refractivity contribution in [1.82, 2.24) is 19.8 Å². The van der Waals surface area contributed by atoms with Crippen LogP contribution >= 0.6 is 0 Å². The molecule has 1 unspecified atom stereocenters. The van der Waals surface area contributed by atoms with Crippen LogP contribution in [0.2, 0.25) is 0 Å². The number of benzene rings is 2. The number of hydroxylamine groups is 1. The van der Waals surface area contributed by atoms with Crippen molar-refractivity contribution in [3.8, 4) is 0 Å². The molecule has 0 radical (unpaired) electrons. The van der Waals surface area contributed by atoms with E-state index in [9.17, 15) is 0 Å². The summed E-state index contributed by atoms with van der Waals surface area (Å²) in [7, 11) is 2.23. The van der Waals surface area contributed by atoms with Crippen molar-refractivity contribution in [2.45, 2.75) is 38.3 Å². The van der Waals surface area contributed by atoms with Crippen LogP contribution in [0, 0.1) is 6.92 Å². The molecule has 0 aliphatic carbocycles. The molecule has 1 atom stereocenters. The van der Waals surface area contributed by atoms with Crippen LogP contribution in [0.15, 0.2) is 60.9 Å². The van der Waals surface area contributed by atoms with Crippen molar-refractivity contribution in [1.29, 1.82) is 0 Å². The molecule has 200 valence electrons. The molecule has 0 bridgehead atoms. The van der Waals surface area contributed by atoms with Crippen LogP contribution < -0.4 is 15.3 Å². The third-order valence-electron chi connectivity index (χ3n) is 8.32. The third kappa shape index (κ3) is 5.48. The zero-order valence-corrected chi connectivity index (χ0v) is 22.6. The number of rotatable bonds is 6. The largest absolute Gasteiger partial charge is 0.371 e. The summed E-state index contributed by atoms with van der Waals surface area (Å²) in [6.07, 6.45) is 5.03. The van der Waals surface area contributed by atoms with E-state index in [1.807, 2.05) is 17.2 Å². The van der Waals surface area contributed by atoms with Crippen LogP contribution in [0.3, 0.4) is 0 Å².